The summed E-state index contributed by atoms with van der Waals surface area (Å²) in [6, 6.07) is 3.49. The molecule has 106 valence electrons. The molecule has 0 atom stereocenters. The standard InChI is InChI=1S/C12H8F5N3/c1-18-11-19-8(5-9(20-11)12(15,16)17)10-6(13)3-2-4-7(10)14/h2-5H,1H3,(H,18,19,20). The zero-order chi connectivity index (χ0) is 14.9. The van der Waals surface area contributed by atoms with Crippen molar-refractivity contribution in [1.82, 2.24) is 9.97 Å². The lowest BCUT2D eigenvalue weighted by molar-refractivity contribution is -0.141. The number of nitrogens with zero attached hydrogens (tertiary/aromatic N) is 2. The molecule has 0 saturated carbocycles. The molecule has 2 rings (SSSR count). The van der Waals surface area contributed by atoms with Gasteiger partial charge in [-0.15, -0.1) is 0 Å². The van der Waals surface area contributed by atoms with Crippen LogP contribution in [0.2, 0.25) is 0 Å². The summed E-state index contributed by atoms with van der Waals surface area (Å²) in [4.78, 5) is 6.87. The van der Waals surface area contributed by atoms with Crippen LogP contribution in [0, 0.1) is 11.6 Å². The van der Waals surface area contributed by atoms with Crippen LogP contribution in [0.3, 0.4) is 0 Å². The van der Waals surface area contributed by atoms with Crippen molar-refractivity contribution in [2.75, 3.05) is 12.4 Å². The van der Waals surface area contributed by atoms with E-state index >= 15 is 0 Å². The second kappa shape index (κ2) is 5.03. The van der Waals surface area contributed by atoms with Gasteiger partial charge in [-0.05, 0) is 18.2 Å². The highest BCUT2D eigenvalue weighted by molar-refractivity contribution is 5.62. The molecule has 0 aliphatic heterocycles. The van der Waals surface area contributed by atoms with E-state index in [0.29, 0.717) is 6.07 Å². The lowest BCUT2D eigenvalue weighted by atomic mass is 10.1. The quantitative estimate of drug-likeness (QED) is 0.860. The third-order valence-corrected chi connectivity index (χ3v) is 2.46. The monoisotopic (exact) mass is 289 g/mol. The fraction of sp³-hybridized carbons (Fsp3) is 0.167. The van der Waals surface area contributed by atoms with Crippen LogP contribution in [0.15, 0.2) is 24.3 Å². The fourth-order valence-electron chi connectivity index (χ4n) is 1.57. The maximum Gasteiger partial charge on any atom is 0.433 e. The zero-order valence-corrected chi connectivity index (χ0v) is 10.1. The summed E-state index contributed by atoms with van der Waals surface area (Å²) in [5.41, 5.74) is -2.39. The molecular formula is C12H8F5N3. The summed E-state index contributed by atoms with van der Waals surface area (Å²) < 4.78 is 65.3. The summed E-state index contributed by atoms with van der Waals surface area (Å²) in [5, 5.41) is 2.32. The van der Waals surface area contributed by atoms with Gasteiger partial charge in [0.15, 0.2) is 5.69 Å². The lowest BCUT2D eigenvalue weighted by Gasteiger charge is -2.11. The Hall–Kier alpha value is -2.25. The predicted octanol–water partition coefficient (Wildman–Crippen LogP) is 3.48. The Balaban J connectivity index is 2.68. The van der Waals surface area contributed by atoms with Gasteiger partial charge in [0, 0.05) is 7.05 Å². The summed E-state index contributed by atoms with van der Waals surface area (Å²) in [6.07, 6.45) is -4.75. The second-order valence-electron chi connectivity index (χ2n) is 3.81. The number of hydrogen-bond donors (Lipinski definition) is 1. The molecule has 0 bridgehead atoms. The van der Waals surface area contributed by atoms with Crippen LogP contribution in [-0.4, -0.2) is 17.0 Å². The van der Waals surface area contributed by atoms with E-state index in [2.05, 4.69) is 15.3 Å². The van der Waals surface area contributed by atoms with E-state index < -0.39 is 34.8 Å². The lowest BCUT2D eigenvalue weighted by Crippen LogP contribution is -2.11. The largest absolute Gasteiger partial charge is 0.433 e. The summed E-state index contributed by atoms with van der Waals surface area (Å²) in [6.45, 7) is 0. The first kappa shape index (κ1) is 14.2. The normalized spacial score (nSPS) is 11.5. The average Bonchev–Trinajstić information content (AvgIpc) is 2.37. The molecule has 0 aliphatic rings. The van der Waals surface area contributed by atoms with E-state index in [4.69, 9.17) is 0 Å². The Morgan fingerprint density at radius 3 is 2.15 bits per heavy atom. The average molecular weight is 289 g/mol. The molecule has 0 saturated heterocycles. The minimum atomic E-state index is -4.75. The Bertz CT molecular complexity index is 619. The number of nitrogens with one attached hydrogen (secondary N) is 1. The first-order valence-electron chi connectivity index (χ1n) is 5.41. The summed E-state index contributed by atoms with van der Waals surface area (Å²) >= 11 is 0. The summed E-state index contributed by atoms with van der Waals surface area (Å²) in [5.74, 6) is -2.38. The molecule has 0 unspecified atom stereocenters. The number of benzene rings is 1. The van der Waals surface area contributed by atoms with Crippen molar-refractivity contribution in [2.24, 2.45) is 0 Å². The second-order valence-corrected chi connectivity index (χ2v) is 3.81. The van der Waals surface area contributed by atoms with Crippen molar-refractivity contribution in [3.05, 3.63) is 41.6 Å². The molecule has 3 nitrogen and oxygen atoms in total. The Morgan fingerprint density at radius 1 is 1.05 bits per heavy atom. The highest BCUT2D eigenvalue weighted by atomic mass is 19.4. The van der Waals surface area contributed by atoms with E-state index in [0.717, 1.165) is 18.2 Å². The molecule has 0 fully saturated rings. The molecule has 8 heteroatoms. The third kappa shape index (κ3) is 2.68. The number of halogens is 5. The minimum absolute atomic E-state index is 0.377. The van der Waals surface area contributed by atoms with Gasteiger partial charge in [-0.25, -0.2) is 18.7 Å². The van der Waals surface area contributed by atoms with Crippen molar-refractivity contribution >= 4 is 5.95 Å². The number of aromatic nitrogens is 2. The molecule has 20 heavy (non-hydrogen) atoms. The first-order chi connectivity index (χ1) is 9.32. The molecule has 0 spiro atoms. The first-order valence-corrected chi connectivity index (χ1v) is 5.41. The predicted molar refractivity (Wildman–Crippen MR) is 61.9 cm³/mol. The number of hydrogen-bond acceptors (Lipinski definition) is 3. The Kier molecular flexibility index (Phi) is 3.56. The van der Waals surface area contributed by atoms with Crippen LogP contribution in [0.4, 0.5) is 27.9 Å². The molecule has 0 aliphatic carbocycles. The van der Waals surface area contributed by atoms with Crippen LogP contribution in [0.5, 0.6) is 0 Å². The van der Waals surface area contributed by atoms with Gasteiger partial charge in [-0.2, -0.15) is 13.2 Å². The van der Waals surface area contributed by atoms with Crippen LogP contribution < -0.4 is 5.32 Å². The molecule has 1 aromatic heterocycles. The van der Waals surface area contributed by atoms with Gasteiger partial charge in [-0.3, -0.25) is 0 Å². The molecular weight excluding hydrogens is 281 g/mol. The van der Waals surface area contributed by atoms with Gasteiger partial charge >= 0.3 is 6.18 Å². The van der Waals surface area contributed by atoms with Gasteiger partial charge in [-0.1, -0.05) is 6.07 Å². The smallest absolute Gasteiger partial charge is 0.357 e. The summed E-state index contributed by atoms with van der Waals surface area (Å²) in [7, 11) is 1.30. The molecule has 0 radical (unpaired) electrons. The van der Waals surface area contributed by atoms with E-state index in [-0.39, 0.29) is 5.95 Å². The van der Waals surface area contributed by atoms with Crippen LogP contribution in [-0.2, 0) is 6.18 Å². The molecule has 1 heterocycles. The van der Waals surface area contributed by atoms with Crippen molar-refractivity contribution in [2.45, 2.75) is 6.18 Å². The molecule has 1 N–H and O–H groups in total. The zero-order valence-electron chi connectivity index (χ0n) is 10.1. The topological polar surface area (TPSA) is 37.8 Å². The highest BCUT2D eigenvalue weighted by Crippen LogP contribution is 2.32. The van der Waals surface area contributed by atoms with E-state index in [1.165, 1.54) is 7.05 Å². The Morgan fingerprint density at radius 2 is 1.65 bits per heavy atom. The van der Waals surface area contributed by atoms with Gasteiger partial charge in [0.25, 0.3) is 0 Å². The minimum Gasteiger partial charge on any atom is -0.357 e. The van der Waals surface area contributed by atoms with Gasteiger partial charge in [0.05, 0.1) is 11.3 Å². The van der Waals surface area contributed by atoms with Gasteiger partial charge < -0.3 is 5.32 Å². The van der Waals surface area contributed by atoms with E-state index in [1.54, 1.807) is 0 Å². The molecule has 0 amide bonds. The number of anilines is 1. The fourth-order valence-corrected chi connectivity index (χ4v) is 1.57. The SMILES string of the molecule is CNc1nc(-c2c(F)cccc2F)cc(C(F)(F)F)n1. The van der Waals surface area contributed by atoms with Crippen LogP contribution in [0.1, 0.15) is 5.69 Å². The van der Waals surface area contributed by atoms with E-state index in [1.807, 2.05) is 0 Å². The van der Waals surface area contributed by atoms with Crippen molar-refractivity contribution in [1.29, 1.82) is 0 Å². The van der Waals surface area contributed by atoms with E-state index in [9.17, 15) is 22.0 Å². The van der Waals surface area contributed by atoms with Crippen molar-refractivity contribution in [3.8, 4) is 11.3 Å². The maximum absolute atomic E-state index is 13.6. The maximum atomic E-state index is 13.6. The third-order valence-electron chi connectivity index (χ3n) is 2.46. The molecule has 2 aromatic rings. The number of alkyl halides is 3. The van der Waals surface area contributed by atoms with Crippen molar-refractivity contribution in [3.63, 3.8) is 0 Å². The molecule has 1 aromatic carbocycles. The van der Waals surface area contributed by atoms with Gasteiger partial charge in [0.2, 0.25) is 5.95 Å². The van der Waals surface area contributed by atoms with Gasteiger partial charge in [0.1, 0.15) is 11.6 Å². The Labute approximate surface area is 110 Å². The number of rotatable bonds is 2. The van der Waals surface area contributed by atoms with Crippen LogP contribution >= 0.6 is 0 Å². The van der Waals surface area contributed by atoms with Crippen molar-refractivity contribution < 1.29 is 22.0 Å². The van der Waals surface area contributed by atoms with Crippen LogP contribution in [0.25, 0.3) is 11.3 Å². The highest BCUT2D eigenvalue weighted by Gasteiger charge is 2.34.